The van der Waals surface area contributed by atoms with Crippen LogP contribution < -0.4 is 5.32 Å². The number of aryl methyl sites for hydroxylation is 1. The zero-order valence-electron chi connectivity index (χ0n) is 9.78. The Morgan fingerprint density at radius 2 is 2.18 bits per heavy atom. The van der Waals surface area contributed by atoms with Crippen LogP contribution in [0.1, 0.15) is 41.0 Å². The summed E-state index contributed by atoms with van der Waals surface area (Å²) < 4.78 is 3.77. The van der Waals surface area contributed by atoms with Crippen LogP contribution in [-0.2, 0) is 0 Å². The molecule has 1 N–H and O–H groups in total. The van der Waals surface area contributed by atoms with Crippen LogP contribution in [-0.4, -0.2) is 26.9 Å². The van der Waals surface area contributed by atoms with Crippen LogP contribution in [0.5, 0.6) is 0 Å². The quantitative estimate of drug-likeness (QED) is 0.872. The number of nitrogens with zero attached hydrogens (tertiary/aromatic N) is 2. The molecule has 0 saturated heterocycles. The normalized spacial score (nSPS) is 24.6. The molecule has 0 aliphatic heterocycles. The summed E-state index contributed by atoms with van der Waals surface area (Å²) in [4.78, 5) is 13.2. The van der Waals surface area contributed by atoms with Gasteiger partial charge in [-0.1, -0.05) is 20.4 Å². The summed E-state index contributed by atoms with van der Waals surface area (Å²) in [5.41, 5.74) is 0.719. The third-order valence-electron chi connectivity index (χ3n) is 3.19. The Balaban J connectivity index is 1.79. The molecule has 1 heterocycles. The summed E-state index contributed by atoms with van der Waals surface area (Å²) in [5.74, 6) is 0.590. The van der Waals surface area contributed by atoms with Gasteiger partial charge in [0.1, 0.15) is 4.88 Å². The summed E-state index contributed by atoms with van der Waals surface area (Å²) in [6, 6.07) is 0. The van der Waals surface area contributed by atoms with E-state index in [2.05, 4.69) is 30.8 Å². The van der Waals surface area contributed by atoms with Gasteiger partial charge in [0.15, 0.2) is 0 Å². The molecule has 1 fully saturated rings. The number of amides is 1. The zero-order chi connectivity index (χ0) is 12.3. The molecule has 1 aromatic heterocycles. The Kier molecular flexibility index (Phi) is 4.50. The number of rotatable bonds is 3. The molecule has 1 saturated carbocycles. The number of halogens is 1. The van der Waals surface area contributed by atoms with Gasteiger partial charge in [-0.3, -0.25) is 4.79 Å². The lowest BCUT2D eigenvalue weighted by atomic mass is 9.89. The molecule has 94 valence electrons. The molecule has 2 rings (SSSR count). The Bertz CT molecular complexity index is 388. The van der Waals surface area contributed by atoms with E-state index in [0.717, 1.165) is 23.8 Å². The standard InChI is InChI=1S/C11H16BrN3OS/c1-7-10(17-15-14-7)11(16)13-6-8-2-4-9(12)5-3-8/h8-9H,2-6H2,1H3,(H,13,16). The molecule has 0 atom stereocenters. The van der Waals surface area contributed by atoms with Crippen molar-refractivity contribution in [1.29, 1.82) is 0 Å². The van der Waals surface area contributed by atoms with Gasteiger partial charge in [0.05, 0.1) is 5.69 Å². The minimum absolute atomic E-state index is 0.0292. The number of aromatic nitrogens is 2. The topological polar surface area (TPSA) is 54.9 Å². The van der Waals surface area contributed by atoms with Gasteiger partial charge in [-0.15, -0.1) is 5.10 Å². The van der Waals surface area contributed by atoms with Crippen LogP contribution in [0.25, 0.3) is 0 Å². The van der Waals surface area contributed by atoms with Gasteiger partial charge in [-0.25, -0.2) is 0 Å². The monoisotopic (exact) mass is 317 g/mol. The highest BCUT2D eigenvalue weighted by molar-refractivity contribution is 9.09. The zero-order valence-corrected chi connectivity index (χ0v) is 12.2. The van der Waals surface area contributed by atoms with Crippen LogP contribution >= 0.6 is 27.5 Å². The maximum Gasteiger partial charge on any atom is 0.264 e. The van der Waals surface area contributed by atoms with E-state index in [-0.39, 0.29) is 5.91 Å². The fourth-order valence-electron chi connectivity index (χ4n) is 2.08. The lowest BCUT2D eigenvalue weighted by molar-refractivity contribution is 0.0947. The van der Waals surface area contributed by atoms with Crippen molar-refractivity contribution in [3.05, 3.63) is 10.6 Å². The Hall–Kier alpha value is -0.490. The highest BCUT2D eigenvalue weighted by Crippen LogP contribution is 2.28. The Morgan fingerprint density at radius 1 is 1.47 bits per heavy atom. The van der Waals surface area contributed by atoms with Crippen molar-refractivity contribution in [3.63, 3.8) is 0 Å². The van der Waals surface area contributed by atoms with E-state index in [0.29, 0.717) is 15.6 Å². The van der Waals surface area contributed by atoms with Crippen molar-refractivity contribution in [2.75, 3.05) is 6.54 Å². The third kappa shape index (κ3) is 3.48. The van der Waals surface area contributed by atoms with Crippen LogP contribution in [0.4, 0.5) is 0 Å². The maximum atomic E-state index is 11.8. The van der Waals surface area contributed by atoms with Crippen molar-refractivity contribution in [1.82, 2.24) is 14.9 Å². The van der Waals surface area contributed by atoms with Gasteiger partial charge >= 0.3 is 0 Å². The number of carbonyl (C=O) groups excluding carboxylic acids is 1. The van der Waals surface area contributed by atoms with Gasteiger partial charge in [0, 0.05) is 11.4 Å². The van der Waals surface area contributed by atoms with Crippen LogP contribution in [0.3, 0.4) is 0 Å². The summed E-state index contributed by atoms with van der Waals surface area (Å²) in [6.07, 6.45) is 4.80. The maximum absolute atomic E-state index is 11.8. The molecular weight excluding hydrogens is 302 g/mol. The van der Waals surface area contributed by atoms with Crippen molar-refractivity contribution >= 4 is 33.4 Å². The van der Waals surface area contributed by atoms with E-state index in [1.807, 2.05) is 6.92 Å². The molecule has 1 aliphatic rings. The molecule has 1 amide bonds. The fourth-order valence-corrected chi connectivity index (χ4v) is 3.18. The largest absolute Gasteiger partial charge is 0.351 e. The molecule has 4 nitrogen and oxygen atoms in total. The van der Waals surface area contributed by atoms with Crippen LogP contribution in [0.2, 0.25) is 0 Å². The molecule has 6 heteroatoms. The average Bonchev–Trinajstić information content (AvgIpc) is 2.74. The van der Waals surface area contributed by atoms with Crippen molar-refractivity contribution < 1.29 is 4.79 Å². The summed E-state index contributed by atoms with van der Waals surface area (Å²) in [5, 5.41) is 6.83. The summed E-state index contributed by atoms with van der Waals surface area (Å²) >= 11 is 4.80. The molecular formula is C11H16BrN3OS. The third-order valence-corrected chi connectivity index (χ3v) is 4.93. The van der Waals surface area contributed by atoms with Crippen molar-refractivity contribution in [3.8, 4) is 0 Å². The van der Waals surface area contributed by atoms with E-state index in [1.54, 1.807) is 0 Å². The van der Waals surface area contributed by atoms with E-state index < -0.39 is 0 Å². The first-order chi connectivity index (χ1) is 8.16. The lowest BCUT2D eigenvalue weighted by Crippen LogP contribution is -2.31. The van der Waals surface area contributed by atoms with Crippen molar-refractivity contribution in [2.24, 2.45) is 5.92 Å². The number of carbonyl (C=O) groups is 1. The van der Waals surface area contributed by atoms with Gasteiger partial charge < -0.3 is 5.32 Å². The van der Waals surface area contributed by atoms with E-state index in [9.17, 15) is 4.79 Å². The molecule has 0 aromatic carbocycles. The first kappa shape index (κ1) is 13.0. The second-order valence-electron chi connectivity index (χ2n) is 4.52. The molecule has 1 aliphatic carbocycles. The first-order valence-electron chi connectivity index (χ1n) is 5.88. The second-order valence-corrected chi connectivity index (χ2v) is 6.56. The second kappa shape index (κ2) is 5.91. The molecule has 0 spiro atoms. The lowest BCUT2D eigenvalue weighted by Gasteiger charge is -2.25. The fraction of sp³-hybridized carbons (Fsp3) is 0.727. The average molecular weight is 318 g/mol. The van der Waals surface area contributed by atoms with E-state index >= 15 is 0 Å². The minimum Gasteiger partial charge on any atom is -0.351 e. The smallest absolute Gasteiger partial charge is 0.264 e. The highest BCUT2D eigenvalue weighted by atomic mass is 79.9. The molecule has 1 aromatic rings. The number of nitrogens with one attached hydrogen (secondary N) is 1. The summed E-state index contributed by atoms with van der Waals surface area (Å²) in [6.45, 7) is 2.59. The van der Waals surface area contributed by atoms with Crippen molar-refractivity contribution in [2.45, 2.75) is 37.4 Å². The molecule has 0 bridgehead atoms. The van der Waals surface area contributed by atoms with Gasteiger partial charge in [-0.2, -0.15) is 0 Å². The minimum atomic E-state index is -0.0292. The van der Waals surface area contributed by atoms with Crippen LogP contribution in [0, 0.1) is 12.8 Å². The number of hydrogen-bond acceptors (Lipinski definition) is 4. The molecule has 0 unspecified atom stereocenters. The predicted molar refractivity (Wildman–Crippen MR) is 71.7 cm³/mol. The van der Waals surface area contributed by atoms with Gasteiger partial charge in [0.2, 0.25) is 0 Å². The van der Waals surface area contributed by atoms with Gasteiger partial charge in [-0.05, 0) is 50.1 Å². The SMILES string of the molecule is Cc1nnsc1C(=O)NCC1CCC(Br)CC1. The van der Waals surface area contributed by atoms with Gasteiger partial charge in [0.25, 0.3) is 5.91 Å². The highest BCUT2D eigenvalue weighted by Gasteiger charge is 2.20. The number of alkyl halides is 1. The number of hydrogen-bond donors (Lipinski definition) is 1. The van der Waals surface area contributed by atoms with Crippen LogP contribution in [0.15, 0.2) is 0 Å². The Labute approximate surface area is 113 Å². The first-order valence-corrected chi connectivity index (χ1v) is 7.57. The Morgan fingerprint density at radius 3 is 2.76 bits per heavy atom. The van der Waals surface area contributed by atoms with E-state index in [4.69, 9.17) is 0 Å². The molecule has 17 heavy (non-hydrogen) atoms. The molecule has 0 radical (unpaired) electrons. The van der Waals surface area contributed by atoms with E-state index in [1.165, 1.54) is 25.7 Å². The predicted octanol–water partition coefficient (Wildman–Crippen LogP) is 2.53. The summed E-state index contributed by atoms with van der Waals surface area (Å²) in [7, 11) is 0.